The molecule has 0 amide bonds. The lowest BCUT2D eigenvalue weighted by atomic mass is 9.95. The molecule has 0 heterocycles. The van der Waals surface area contributed by atoms with E-state index in [-0.39, 0.29) is 0 Å². The van der Waals surface area contributed by atoms with Gasteiger partial charge in [0.1, 0.15) is 10.5 Å². The highest BCUT2D eigenvalue weighted by molar-refractivity contribution is 5.97. The molecule has 0 aliphatic heterocycles. The molecule has 2 heteroatoms. The Morgan fingerprint density at radius 1 is 1.08 bits per heavy atom. The van der Waals surface area contributed by atoms with Crippen molar-refractivity contribution in [2.45, 2.75) is 46.5 Å². The molecule has 74 valence electrons. The van der Waals surface area contributed by atoms with Crippen molar-refractivity contribution < 1.29 is 4.43 Å². The summed E-state index contributed by atoms with van der Waals surface area (Å²) in [5, 5.41) is 0. The number of hydrogen-bond donors (Lipinski definition) is 0. The summed E-state index contributed by atoms with van der Waals surface area (Å²) in [6, 6.07) is 0. The maximum atomic E-state index is 5.23. The minimum atomic E-state index is 0.766. The van der Waals surface area contributed by atoms with Gasteiger partial charge >= 0.3 is 0 Å². The van der Waals surface area contributed by atoms with Crippen molar-refractivity contribution in [3.63, 3.8) is 0 Å². The highest BCUT2D eigenvalue weighted by Gasteiger charge is 2.05. The zero-order valence-corrected chi connectivity index (χ0v) is 11.1. The van der Waals surface area contributed by atoms with Gasteiger partial charge in [0.05, 0.1) is 0 Å². The average molecular weight is 188 g/mol. The fraction of sp³-hybridized carbons (Fsp3) is 1.00. The van der Waals surface area contributed by atoms with Gasteiger partial charge in [-0.05, 0) is 18.3 Å². The van der Waals surface area contributed by atoms with Crippen LogP contribution in [0, 0.1) is 11.8 Å². The van der Waals surface area contributed by atoms with Crippen molar-refractivity contribution in [2.24, 2.45) is 11.8 Å². The lowest BCUT2D eigenvalue weighted by molar-refractivity contribution is 0.260. The summed E-state index contributed by atoms with van der Waals surface area (Å²) in [7, 11) is 0.892. The van der Waals surface area contributed by atoms with Crippen LogP contribution in [0.5, 0.6) is 0 Å². The van der Waals surface area contributed by atoms with Crippen molar-refractivity contribution in [1.82, 2.24) is 0 Å². The quantitative estimate of drug-likeness (QED) is 0.556. The maximum absolute atomic E-state index is 5.23. The molecule has 0 radical (unpaired) electrons. The molecule has 0 aromatic rings. The number of hydrogen-bond acceptors (Lipinski definition) is 1. The third-order valence-corrected chi connectivity index (χ3v) is 2.72. The molecule has 0 fully saturated rings. The molecule has 2 atom stereocenters. The highest BCUT2D eigenvalue weighted by Crippen LogP contribution is 2.16. The van der Waals surface area contributed by atoms with Crippen LogP contribution in [0.2, 0.25) is 0 Å². The predicted octanol–water partition coefficient (Wildman–Crippen LogP) is 2.14. The maximum Gasteiger partial charge on any atom is 0.145 e. The summed E-state index contributed by atoms with van der Waals surface area (Å²) in [6.45, 7) is 7.89. The molecule has 0 aromatic carbocycles. The molecule has 12 heavy (non-hydrogen) atoms. The molecule has 0 spiro atoms. The van der Waals surface area contributed by atoms with Crippen LogP contribution in [0.25, 0.3) is 0 Å². The number of rotatable bonds is 7. The highest BCUT2D eigenvalue weighted by atomic mass is 28.2. The Kier molecular flexibility index (Phi) is 7.92. The van der Waals surface area contributed by atoms with Gasteiger partial charge in [0, 0.05) is 6.61 Å². The van der Waals surface area contributed by atoms with Crippen LogP contribution in [-0.4, -0.2) is 17.1 Å². The van der Waals surface area contributed by atoms with E-state index in [2.05, 4.69) is 20.8 Å². The summed E-state index contributed by atoms with van der Waals surface area (Å²) in [5.74, 6) is 1.67. The topological polar surface area (TPSA) is 9.23 Å². The van der Waals surface area contributed by atoms with E-state index < -0.39 is 0 Å². The van der Waals surface area contributed by atoms with Gasteiger partial charge in [0.25, 0.3) is 0 Å². The van der Waals surface area contributed by atoms with E-state index in [0.717, 1.165) is 28.9 Å². The van der Waals surface area contributed by atoms with E-state index in [4.69, 9.17) is 4.43 Å². The van der Waals surface area contributed by atoms with Crippen LogP contribution in [0.1, 0.15) is 46.5 Å². The fourth-order valence-electron chi connectivity index (χ4n) is 1.57. The second kappa shape index (κ2) is 7.81. The van der Waals surface area contributed by atoms with Crippen LogP contribution < -0.4 is 0 Å². The Labute approximate surface area is 80.4 Å². The van der Waals surface area contributed by atoms with Gasteiger partial charge in [0.15, 0.2) is 0 Å². The lowest BCUT2D eigenvalue weighted by Gasteiger charge is -2.14. The fourth-order valence-corrected chi connectivity index (χ4v) is 2.14. The molecule has 0 saturated carbocycles. The molecule has 0 N–H and O–H groups in total. The predicted molar refractivity (Wildman–Crippen MR) is 58.4 cm³/mol. The molecule has 0 aromatic heterocycles. The van der Waals surface area contributed by atoms with E-state index in [9.17, 15) is 0 Å². The van der Waals surface area contributed by atoms with Crippen LogP contribution in [0.4, 0.5) is 0 Å². The Balaban J connectivity index is 3.27. The van der Waals surface area contributed by atoms with E-state index >= 15 is 0 Å². The van der Waals surface area contributed by atoms with E-state index in [1.54, 1.807) is 0 Å². The molecule has 1 nitrogen and oxygen atoms in total. The third-order valence-electron chi connectivity index (χ3n) is 2.38. The summed E-state index contributed by atoms with van der Waals surface area (Å²) in [5.41, 5.74) is 0. The first kappa shape index (κ1) is 12.2. The van der Waals surface area contributed by atoms with Crippen molar-refractivity contribution >= 4 is 10.5 Å². The smallest absolute Gasteiger partial charge is 0.145 e. The van der Waals surface area contributed by atoms with Gasteiger partial charge < -0.3 is 4.43 Å². The van der Waals surface area contributed by atoms with Gasteiger partial charge in [-0.1, -0.05) is 40.0 Å². The second-order valence-electron chi connectivity index (χ2n) is 4.03. The Morgan fingerprint density at radius 3 is 2.17 bits per heavy atom. The van der Waals surface area contributed by atoms with Crippen molar-refractivity contribution in [3.8, 4) is 0 Å². The van der Waals surface area contributed by atoms with Crippen LogP contribution >= 0.6 is 0 Å². The zero-order chi connectivity index (χ0) is 9.40. The lowest BCUT2D eigenvalue weighted by Crippen LogP contribution is -2.06. The normalized spacial score (nSPS) is 16.2. The van der Waals surface area contributed by atoms with E-state index in [1.807, 2.05) is 0 Å². The molecule has 0 rings (SSSR count). The third kappa shape index (κ3) is 6.86. The molecular formula is C10H24OSi. The first-order valence-electron chi connectivity index (χ1n) is 5.19. The SMILES string of the molecule is CCCC(C)CCC(C)CO[SiH3]. The van der Waals surface area contributed by atoms with Crippen molar-refractivity contribution in [1.29, 1.82) is 0 Å². The Hall–Kier alpha value is 0.177. The molecule has 0 aliphatic carbocycles. The Bertz CT molecular complexity index is 83.8. The van der Waals surface area contributed by atoms with E-state index in [0.29, 0.717) is 0 Å². The summed E-state index contributed by atoms with van der Waals surface area (Å²) in [6.07, 6.45) is 5.42. The Morgan fingerprint density at radius 2 is 1.67 bits per heavy atom. The van der Waals surface area contributed by atoms with Gasteiger partial charge in [-0.25, -0.2) is 0 Å². The summed E-state index contributed by atoms with van der Waals surface area (Å²) in [4.78, 5) is 0. The second-order valence-corrected chi connectivity index (χ2v) is 4.61. The zero-order valence-electron chi connectivity index (χ0n) is 9.10. The average Bonchev–Trinajstić information content (AvgIpc) is 2.02. The summed E-state index contributed by atoms with van der Waals surface area (Å²) >= 11 is 0. The minimum Gasteiger partial charge on any atom is -0.428 e. The molecule has 0 bridgehead atoms. The standard InChI is InChI=1S/C10H24OSi/c1-4-5-9(2)6-7-10(3)8-11-12/h9-10H,4-8H2,1-3,12H3. The van der Waals surface area contributed by atoms with Gasteiger partial charge in [0.2, 0.25) is 0 Å². The van der Waals surface area contributed by atoms with Gasteiger partial charge in [-0.2, -0.15) is 0 Å². The first-order valence-corrected chi connectivity index (χ1v) is 6.01. The monoisotopic (exact) mass is 188 g/mol. The molecule has 2 unspecified atom stereocenters. The molecular weight excluding hydrogens is 164 g/mol. The molecule has 0 saturated heterocycles. The van der Waals surface area contributed by atoms with Crippen LogP contribution in [0.15, 0.2) is 0 Å². The van der Waals surface area contributed by atoms with E-state index in [1.165, 1.54) is 25.7 Å². The summed E-state index contributed by atoms with van der Waals surface area (Å²) < 4.78 is 5.23. The van der Waals surface area contributed by atoms with Gasteiger partial charge in [-0.3, -0.25) is 0 Å². The van der Waals surface area contributed by atoms with Gasteiger partial charge in [-0.15, -0.1) is 0 Å². The minimum absolute atomic E-state index is 0.766. The largest absolute Gasteiger partial charge is 0.428 e. The van der Waals surface area contributed by atoms with Crippen LogP contribution in [-0.2, 0) is 4.43 Å². The van der Waals surface area contributed by atoms with Crippen molar-refractivity contribution in [2.75, 3.05) is 6.61 Å². The first-order chi connectivity index (χ1) is 5.70. The van der Waals surface area contributed by atoms with Crippen molar-refractivity contribution in [3.05, 3.63) is 0 Å². The molecule has 0 aliphatic rings. The van der Waals surface area contributed by atoms with Crippen LogP contribution in [0.3, 0.4) is 0 Å².